The molecule has 0 saturated heterocycles. The standard InChI is InChI=1S/C45H31N3O14S2/c1-15(9-5-6-12-16-10-3-2-4-11-16)17-13-7-8-14-18(17)43-46-44(23-19-20-26(50)30(54)33(57)37(61)40(20)63-39(19)36(60)32(56)28(23)52)48-45(47-43)24-25(49)21-22-27(51)31(55)34(58)38(62)42(22)64-41(21)35(59)29(24)53/h2-11,13-14,49-62H,12H2,1H3/b6-5-,15-9+. The second kappa shape index (κ2) is 14.8. The van der Waals surface area contributed by atoms with E-state index in [1.165, 1.54) is 0 Å². The first-order valence-electron chi connectivity index (χ1n) is 18.7. The molecule has 0 spiro atoms. The quantitative estimate of drug-likeness (QED) is 0.0404. The number of benzene rings is 6. The molecule has 0 atom stereocenters. The van der Waals surface area contributed by atoms with Crippen LogP contribution in [-0.4, -0.2) is 86.4 Å². The van der Waals surface area contributed by atoms with Crippen LogP contribution in [0.1, 0.15) is 18.1 Å². The van der Waals surface area contributed by atoms with Gasteiger partial charge in [-0.2, -0.15) is 0 Å². The molecule has 0 amide bonds. The van der Waals surface area contributed by atoms with Gasteiger partial charge in [-0.3, -0.25) is 0 Å². The number of hydrogen-bond acceptors (Lipinski definition) is 19. The molecule has 9 rings (SSSR count). The number of phenolic OH excluding ortho intramolecular Hbond substituents is 14. The van der Waals surface area contributed by atoms with E-state index < -0.39 is 119 Å². The Balaban J connectivity index is 1.37. The van der Waals surface area contributed by atoms with Crippen LogP contribution in [0.3, 0.4) is 0 Å². The zero-order chi connectivity index (χ0) is 45.6. The van der Waals surface area contributed by atoms with E-state index in [4.69, 9.17) is 0 Å². The minimum absolute atomic E-state index is 0.236. The van der Waals surface area contributed by atoms with Crippen molar-refractivity contribution < 1.29 is 71.5 Å². The van der Waals surface area contributed by atoms with Crippen molar-refractivity contribution in [2.24, 2.45) is 0 Å². The van der Waals surface area contributed by atoms with Crippen molar-refractivity contribution in [2.75, 3.05) is 0 Å². The van der Waals surface area contributed by atoms with Gasteiger partial charge in [-0.05, 0) is 30.0 Å². The normalized spacial score (nSPS) is 12.2. The third-order valence-electron chi connectivity index (χ3n) is 10.7. The third kappa shape index (κ3) is 5.93. The molecule has 0 bridgehead atoms. The monoisotopic (exact) mass is 901 g/mol. The Morgan fingerprint density at radius 1 is 0.438 bits per heavy atom. The Hall–Kier alpha value is -8.55. The molecule has 6 aromatic carbocycles. The lowest BCUT2D eigenvalue weighted by Crippen LogP contribution is -2.03. The fourth-order valence-electron chi connectivity index (χ4n) is 7.56. The number of fused-ring (bicyclic) bond motifs is 6. The van der Waals surface area contributed by atoms with Crippen molar-refractivity contribution in [3.05, 3.63) is 84.0 Å². The molecule has 0 aliphatic rings. The summed E-state index contributed by atoms with van der Waals surface area (Å²) in [7, 11) is 0. The summed E-state index contributed by atoms with van der Waals surface area (Å²) in [4.78, 5) is 13.7. The van der Waals surface area contributed by atoms with E-state index >= 15 is 0 Å². The summed E-state index contributed by atoms with van der Waals surface area (Å²) >= 11 is 1.06. The topological polar surface area (TPSA) is 322 Å². The highest BCUT2D eigenvalue weighted by Crippen LogP contribution is 2.62. The molecule has 3 heterocycles. The third-order valence-corrected chi connectivity index (χ3v) is 13.1. The average Bonchev–Trinajstić information content (AvgIpc) is 3.90. The summed E-state index contributed by atoms with van der Waals surface area (Å²) in [6.45, 7) is 1.80. The molecule has 64 heavy (non-hydrogen) atoms. The molecule has 0 saturated carbocycles. The second-order valence-corrected chi connectivity index (χ2v) is 16.5. The number of phenols is 14. The van der Waals surface area contributed by atoms with E-state index in [1.807, 2.05) is 48.6 Å². The Labute approximate surface area is 365 Å². The highest BCUT2D eigenvalue weighted by Gasteiger charge is 2.34. The first-order valence-corrected chi connectivity index (χ1v) is 20.4. The predicted molar refractivity (Wildman–Crippen MR) is 238 cm³/mol. The molecule has 3 aromatic heterocycles. The highest BCUT2D eigenvalue weighted by atomic mass is 32.1. The second-order valence-electron chi connectivity index (χ2n) is 14.5. The number of nitrogens with zero attached hydrogens (tertiary/aromatic N) is 3. The van der Waals surface area contributed by atoms with Crippen LogP contribution in [0.5, 0.6) is 80.5 Å². The summed E-state index contributed by atoms with van der Waals surface area (Å²) in [6.07, 6.45) is 6.25. The minimum atomic E-state index is -1.18. The number of aromatic nitrogens is 3. The van der Waals surface area contributed by atoms with E-state index in [0.29, 0.717) is 40.2 Å². The average molecular weight is 902 g/mol. The number of thiophene rings is 2. The van der Waals surface area contributed by atoms with Crippen molar-refractivity contribution in [3.8, 4) is 115 Å². The van der Waals surface area contributed by atoms with Gasteiger partial charge in [0.05, 0.1) is 40.5 Å². The molecule has 0 aliphatic carbocycles. The van der Waals surface area contributed by atoms with Crippen molar-refractivity contribution in [1.82, 2.24) is 15.0 Å². The van der Waals surface area contributed by atoms with Crippen molar-refractivity contribution >= 4 is 68.6 Å². The summed E-state index contributed by atoms with van der Waals surface area (Å²) in [5.41, 5.74) is 1.28. The van der Waals surface area contributed by atoms with Crippen LogP contribution < -0.4 is 0 Å². The number of rotatable bonds is 7. The predicted octanol–water partition coefficient (Wildman–Crippen LogP) is 8.69. The Morgan fingerprint density at radius 3 is 1.45 bits per heavy atom. The number of aromatic hydroxyl groups is 14. The molecule has 0 fully saturated rings. The van der Waals surface area contributed by atoms with Crippen LogP contribution in [0.15, 0.2) is 72.8 Å². The van der Waals surface area contributed by atoms with E-state index in [0.717, 1.165) is 5.56 Å². The number of hydrogen-bond donors (Lipinski definition) is 14. The van der Waals surface area contributed by atoms with Gasteiger partial charge in [-0.1, -0.05) is 72.8 Å². The lowest BCUT2D eigenvalue weighted by Gasteiger charge is -2.16. The van der Waals surface area contributed by atoms with Crippen LogP contribution in [0.25, 0.3) is 80.1 Å². The maximum atomic E-state index is 12.0. The summed E-state index contributed by atoms with van der Waals surface area (Å²) in [6, 6.07) is 16.5. The van der Waals surface area contributed by atoms with Gasteiger partial charge in [0.1, 0.15) is 11.3 Å². The highest BCUT2D eigenvalue weighted by molar-refractivity contribution is 7.27. The smallest absolute Gasteiger partial charge is 0.205 e. The summed E-state index contributed by atoms with van der Waals surface area (Å²) < 4.78 is -1.27. The first-order chi connectivity index (χ1) is 30.5. The first kappa shape index (κ1) is 40.8. The van der Waals surface area contributed by atoms with Gasteiger partial charge in [0.2, 0.25) is 28.7 Å². The van der Waals surface area contributed by atoms with Gasteiger partial charge in [0, 0.05) is 10.9 Å². The van der Waals surface area contributed by atoms with Crippen molar-refractivity contribution in [1.29, 1.82) is 0 Å². The van der Waals surface area contributed by atoms with Gasteiger partial charge >= 0.3 is 0 Å². The van der Waals surface area contributed by atoms with Crippen LogP contribution >= 0.6 is 22.7 Å². The molecule has 0 unspecified atom stereocenters. The molecule has 0 aliphatic heterocycles. The zero-order valence-electron chi connectivity index (χ0n) is 32.6. The van der Waals surface area contributed by atoms with E-state index in [9.17, 15) is 71.5 Å². The van der Waals surface area contributed by atoms with E-state index in [1.54, 1.807) is 31.2 Å². The maximum Gasteiger partial charge on any atom is 0.205 e. The molecular weight excluding hydrogens is 871 g/mol. The fraction of sp³-hybridized carbons (Fsp3) is 0.0444. The fourth-order valence-corrected chi connectivity index (χ4v) is 9.95. The van der Waals surface area contributed by atoms with Crippen LogP contribution in [0.4, 0.5) is 0 Å². The summed E-state index contributed by atoms with van der Waals surface area (Å²) in [5, 5.41) is 153. The van der Waals surface area contributed by atoms with Gasteiger partial charge in [-0.25, -0.2) is 15.0 Å². The van der Waals surface area contributed by atoms with Crippen LogP contribution in [0, 0.1) is 0 Å². The van der Waals surface area contributed by atoms with Crippen LogP contribution in [-0.2, 0) is 6.42 Å². The molecule has 322 valence electrons. The van der Waals surface area contributed by atoms with E-state index in [2.05, 4.69) is 15.0 Å². The van der Waals surface area contributed by atoms with E-state index in [-0.39, 0.29) is 35.6 Å². The minimum Gasteiger partial charge on any atom is -0.506 e. The van der Waals surface area contributed by atoms with Gasteiger partial charge in [0.15, 0.2) is 63.5 Å². The lowest BCUT2D eigenvalue weighted by molar-refractivity contribution is 0.351. The molecule has 19 heteroatoms. The molecule has 17 nitrogen and oxygen atoms in total. The van der Waals surface area contributed by atoms with Crippen molar-refractivity contribution in [3.63, 3.8) is 0 Å². The molecule has 14 N–H and O–H groups in total. The van der Waals surface area contributed by atoms with Gasteiger partial charge < -0.3 is 71.5 Å². The SMILES string of the molecule is C/C(=C\C=C/Cc1ccccc1)c1ccccc1-c1nc(-c2c(O)c(O)c3sc4c(O)c(O)c(O)c(O)c4c3c2O)nc(-c2c(O)c(O)c(O)c3sc4c(O)c(O)c(O)c(O)c4c23)n1. The number of allylic oxidation sites excluding steroid dienone is 4. The largest absolute Gasteiger partial charge is 0.506 e. The maximum absolute atomic E-state index is 12.0. The Kier molecular flexibility index (Phi) is 9.46. The van der Waals surface area contributed by atoms with Crippen LogP contribution in [0.2, 0.25) is 0 Å². The lowest BCUT2D eigenvalue weighted by atomic mass is 9.98. The molecule has 0 radical (unpaired) electrons. The zero-order valence-corrected chi connectivity index (χ0v) is 34.2. The van der Waals surface area contributed by atoms with Gasteiger partial charge in [-0.15, -0.1) is 22.7 Å². The van der Waals surface area contributed by atoms with Gasteiger partial charge in [0.25, 0.3) is 0 Å². The molecule has 9 aromatic rings. The Morgan fingerprint density at radius 2 is 0.859 bits per heavy atom. The summed E-state index contributed by atoms with van der Waals surface area (Å²) in [5.74, 6) is -16.0. The Bertz CT molecular complexity index is 3550. The van der Waals surface area contributed by atoms with Crippen molar-refractivity contribution in [2.45, 2.75) is 13.3 Å². The molecular formula is C45H31N3O14S2.